The summed E-state index contributed by atoms with van der Waals surface area (Å²) in [4.78, 5) is 0. The number of alkyl halides is 18. The minimum absolute atomic E-state index is 0.0312. The zero-order valence-electron chi connectivity index (χ0n) is 22.7. The van der Waals surface area contributed by atoms with E-state index in [0.29, 0.717) is 18.9 Å². The number of rotatable bonds is 3. The predicted molar refractivity (Wildman–Crippen MR) is 134 cm³/mol. The van der Waals surface area contributed by atoms with Gasteiger partial charge in [0.15, 0.2) is 0 Å². The van der Waals surface area contributed by atoms with Gasteiger partial charge in [-0.15, -0.1) is 0 Å². The molecule has 0 unspecified atom stereocenters. The molecule has 4 rings (SSSR count). The molecule has 0 bridgehead atoms. The van der Waals surface area contributed by atoms with E-state index in [-0.39, 0.29) is 48.5 Å². The summed E-state index contributed by atoms with van der Waals surface area (Å²) in [7, 11) is 0. The van der Waals surface area contributed by atoms with Gasteiger partial charge in [0.25, 0.3) is 0 Å². The molecule has 1 aromatic heterocycles. The van der Waals surface area contributed by atoms with Crippen LogP contribution in [0.3, 0.4) is 0 Å². The number of hydrogen-bond acceptors (Lipinski definition) is 0. The van der Waals surface area contributed by atoms with E-state index in [1.807, 2.05) is 0 Å². The Kier molecular flexibility index (Phi) is 8.97. The Morgan fingerprint density at radius 1 is 0.333 bits per heavy atom. The molecule has 0 aliphatic carbocycles. The van der Waals surface area contributed by atoms with Crippen molar-refractivity contribution in [3.8, 4) is 33.3 Å². The molecular formula is C29H11BF18. The molecule has 0 amide bonds. The van der Waals surface area contributed by atoms with Gasteiger partial charge in [0.1, 0.15) is 0 Å². The van der Waals surface area contributed by atoms with E-state index in [4.69, 9.17) is 0 Å². The molecule has 0 aliphatic heterocycles. The monoisotopic (exact) mass is 712 g/mol. The average molecular weight is 712 g/mol. The summed E-state index contributed by atoms with van der Waals surface area (Å²) in [6, 6.07) is -0.436. The van der Waals surface area contributed by atoms with E-state index in [9.17, 15) is 79.0 Å². The van der Waals surface area contributed by atoms with E-state index in [1.54, 1.807) is 0 Å². The Labute approximate surface area is 256 Å². The van der Waals surface area contributed by atoms with Gasteiger partial charge >= 0.3 is 256 Å². The van der Waals surface area contributed by atoms with Gasteiger partial charge in [-0.3, -0.25) is 0 Å². The van der Waals surface area contributed by atoms with Crippen molar-refractivity contribution in [2.24, 2.45) is 0 Å². The summed E-state index contributed by atoms with van der Waals surface area (Å²) >= 11 is 0. The summed E-state index contributed by atoms with van der Waals surface area (Å²) in [5.41, 5.74) is -18.8. The van der Waals surface area contributed by atoms with Crippen LogP contribution in [0.2, 0.25) is 0 Å². The second-order valence-electron chi connectivity index (χ2n) is 10.1. The van der Waals surface area contributed by atoms with Gasteiger partial charge in [-0.05, 0) is 0 Å². The molecule has 0 radical (unpaired) electrons. The fourth-order valence-corrected chi connectivity index (χ4v) is 4.66. The Bertz CT molecular complexity index is 1640. The molecule has 0 saturated heterocycles. The molecule has 256 valence electrons. The molecule has 48 heavy (non-hydrogen) atoms. The van der Waals surface area contributed by atoms with Gasteiger partial charge in [-0.2, -0.15) is 0 Å². The normalized spacial score (nSPS) is 13.5. The van der Waals surface area contributed by atoms with Crippen molar-refractivity contribution in [3.05, 3.63) is 100 Å². The molecule has 0 nitrogen and oxygen atoms in total. The molecular weight excluding hydrogens is 701 g/mol. The van der Waals surface area contributed by atoms with Crippen molar-refractivity contribution in [1.82, 2.24) is 0 Å². The van der Waals surface area contributed by atoms with Crippen molar-refractivity contribution in [2.75, 3.05) is 0 Å². The van der Waals surface area contributed by atoms with Crippen molar-refractivity contribution in [1.29, 1.82) is 0 Å². The van der Waals surface area contributed by atoms with Crippen molar-refractivity contribution < 1.29 is 79.0 Å². The Balaban J connectivity index is 2.26. The minimum atomic E-state index is -5.58. The second kappa shape index (κ2) is 11.8. The third-order valence-corrected chi connectivity index (χ3v) is 6.74. The number of hydrogen-bond donors (Lipinski definition) is 0. The number of benzene rings is 3. The first-order valence-electron chi connectivity index (χ1n) is 12.6. The van der Waals surface area contributed by atoms with E-state index < -0.39 is 110 Å². The van der Waals surface area contributed by atoms with Gasteiger partial charge < -0.3 is 0 Å². The second-order valence-corrected chi connectivity index (χ2v) is 10.1. The van der Waals surface area contributed by atoms with Gasteiger partial charge in [0.05, 0.1) is 0 Å². The van der Waals surface area contributed by atoms with Crippen molar-refractivity contribution in [3.63, 3.8) is 0 Å². The Morgan fingerprint density at radius 3 is 0.896 bits per heavy atom. The zero-order valence-corrected chi connectivity index (χ0v) is 22.7. The molecule has 0 aliphatic rings. The molecule has 0 spiro atoms. The summed E-state index contributed by atoms with van der Waals surface area (Å²) in [6.45, 7) is 0.625. The number of halogens is 18. The first kappa shape index (κ1) is 36.6. The van der Waals surface area contributed by atoms with Crippen LogP contribution in [0.4, 0.5) is 79.0 Å². The third-order valence-electron chi connectivity index (χ3n) is 6.74. The Hall–Kier alpha value is -4.19. The van der Waals surface area contributed by atoms with E-state index in [0.717, 1.165) is 0 Å². The quantitative estimate of drug-likeness (QED) is 0.186. The van der Waals surface area contributed by atoms with E-state index in [1.165, 1.54) is 0 Å². The van der Waals surface area contributed by atoms with Gasteiger partial charge in [-0.1, -0.05) is 0 Å². The molecule has 0 saturated carbocycles. The maximum atomic E-state index is 13.8. The SMILES string of the molecule is FC(F)(F)c1cc(-c2bccc(-c3cc(C(F)(F)F)cc(C(F)(F)F)c3)c2-c2cc(C(F)(F)F)cc(C(F)(F)F)c2)cc(C(F)(F)F)c1. The van der Waals surface area contributed by atoms with Crippen LogP contribution in [0, 0.1) is 0 Å². The predicted octanol–water partition coefficient (Wildman–Crippen LogP) is 12.1. The molecule has 0 N–H and O–H groups in total. The summed E-state index contributed by atoms with van der Waals surface area (Å²) in [5, 5.41) is 0. The summed E-state index contributed by atoms with van der Waals surface area (Å²) in [5.74, 6) is 0.716. The molecule has 3 aromatic carbocycles. The standard InChI is InChI=1S/C29H11BF18/c31-24(32,33)15-3-12(4-16(9-15)25(34,35)36)21-1-2-30-23(14-7-19(28(43,44)45)11-20(8-14)29(46,47)48)22(21)13-5-17(26(37,38)39)10-18(6-13)27(40,41)42/h1-11H. The van der Waals surface area contributed by atoms with Gasteiger partial charge in [0, 0.05) is 0 Å². The first-order chi connectivity index (χ1) is 21.6. The third kappa shape index (κ3) is 7.91. The van der Waals surface area contributed by atoms with Gasteiger partial charge in [-0.25, -0.2) is 0 Å². The average Bonchev–Trinajstić information content (AvgIpc) is 2.93. The molecule has 0 atom stereocenters. The van der Waals surface area contributed by atoms with Crippen LogP contribution in [0.1, 0.15) is 33.4 Å². The maximum absolute atomic E-state index is 13.8. The Morgan fingerprint density at radius 2 is 0.604 bits per heavy atom. The topological polar surface area (TPSA) is 0 Å². The van der Waals surface area contributed by atoms with Crippen LogP contribution in [0.15, 0.2) is 66.6 Å². The first-order valence-corrected chi connectivity index (χ1v) is 12.6. The van der Waals surface area contributed by atoms with Crippen LogP contribution in [-0.2, 0) is 37.1 Å². The summed E-state index contributed by atoms with van der Waals surface area (Å²) < 4.78 is 247. The molecule has 4 aromatic rings. The summed E-state index contributed by atoms with van der Waals surface area (Å²) in [6.07, 6.45) is -33.2. The fourth-order valence-electron chi connectivity index (χ4n) is 4.66. The van der Waals surface area contributed by atoms with Crippen LogP contribution < -0.4 is 0 Å². The van der Waals surface area contributed by atoms with Crippen molar-refractivity contribution >= 4 is 6.91 Å². The zero-order chi connectivity index (χ0) is 36.4. The molecule has 0 fully saturated rings. The van der Waals surface area contributed by atoms with Crippen LogP contribution in [0.25, 0.3) is 33.3 Å². The van der Waals surface area contributed by atoms with Crippen molar-refractivity contribution in [2.45, 2.75) is 37.1 Å². The molecule has 1 heterocycles. The van der Waals surface area contributed by atoms with Crippen LogP contribution in [-0.4, -0.2) is 6.91 Å². The van der Waals surface area contributed by atoms with Crippen LogP contribution in [0.5, 0.6) is 0 Å². The van der Waals surface area contributed by atoms with E-state index >= 15 is 0 Å². The molecule has 19 heteroatoms. The van der Waals surface area contributed by atoms with Gasteiger partial charge in [0.2, 0.25) is 0 Å². The van der Waals surface area contributed by atoms with E-state index in [2.05, 4.69) is 0 Å². The fraction of sp³-hybridized carbons (Fsp3) is 0.207. The van der Waals surface area contributed by atoms with Crippen LogP contribution >= 0.6 is 0 Å².